The summed E-state index contributed by atoms with van der Waals surface area (Å²) < 4.78 is 5.47. The van der Waals surface area contributed by atoms with E-state index in [4.69, 9.17) is 16.3 Å². The van der Waals surface area contributed by atoms with Gasteiger partial charge in [0.25, 0.3) is 0 Å². The Morgan fingerprint density at radius 2 is 2.21 bits per heavy atom. The first kappa shape index (κ1) is 15.2. The van der Waals surface area contributed by atoms with E-state index in [2.05, 4.69) is 36.1 Å². The summed E-state index contributed by atoms with van der Waals surface area (Å²) in [5.74, 6) is 2.45. The standard InChI is InChI=1S/C15H22ClNOS/c1-2-17(8-10-18-9-7-16)11-13-12-19-15-6-4-3-5-14(13)15/h3-6,13H,2,7-12H2,1H3. The zero-order valence-corrected chi connectivity index (χ0v) is 13.1. The second-order valence-electron chi connectivity index (χ2n) is 4.74. The number of halogens is 1. The van der Waals surface area contributed by atoms with Crippen LogP contribution >= 0.6 is 23.4 Å². The second-order valence-corrected chi connectivity index (χ2v) is 6.18. The van der Waals surface area contributed by atoms with Crippen LogP contribution in [0.25, 0.3) is 0 Å². The summed E-state index contributed by atoms with van der Waals surface area (Å²) in [6.45, 7) is 6.86. The number of fused-ring (bicyclic) bond motifs is 1. The van der Waals surface area contributed by atoms with Crippen LogP contribution in [-0.4, -0.2) is 49.4 Å². The lowest BCUT2D eigenvalue weighted by atomic mass is 10.0. The Labute approximate surface area is 125 Å². The van der Waals surface area contributed by atoms with E-state index in [0.717, 1.165) is 26.2 Å². The van der Waals surface area contributed by atoms with Crippen molar-refractivity contribution in [3.8, 4) is 0 Å². The molecule has 0 saturated heterocycles. The van der Waals surface area contributed by atoms with Gasteiger partial charge in [0.1, 0.15) is 0 Å². The van der Waals surface area contributed by atoms with Crippen LogP contribution in [0.5, 0.6) is 0 Å². The Hall–Kier alpha value is -0.220. The zero-order valence-electron chi connectivity index (χ0n) is 11.5. The van der Waals surface area contributed by atoms with Crippen LogP contribution < -0.4 is 0 Å². The first-order valence-electron chi connectivity index (χ1n) is 6.93. The van der Waals surface area contributed by atoms with Crippen LogP contribution in [0.4, 0.5) is 0 Å². The topological polar surface area (TPSA) is 12.5 Å². The Kier molecular flexibility index (Phi) is 6.51. The number of hydrogen-bond donors (Lipinski definition) is 0. The van der Waals surface area contributed by atoms with Gasteiger partial charge in [0.05, 0.1) is 13.2 Å². The van der Waals surface area contributed by atoms with Gasteiger partial charge in [-0.05, 0) is 18.2 Å². The predicted molar refractivity (Wildman–Crippen MR) is 83.6 cm³/mol. The van der Waals surface area contributed by atoms with Gasteiger partial charge >= 0.3 is 0 Å². The van der Waals surface area contributed by atoms with E-state index >= 15 is 0 Å². The fraction of sp³-hybridized carbons (Fsp3) is 0.600. The van der Waals surface area contributed by atoms with Crippen molar-refractivity contribution in [2.24, 2.45) is 0 Å². The Bertz CT molecular complexity index is 388. The monoisotopic (exact) mass is 299 g/mol. The summed E-state index contributed by atoms with van der Waals surface area (Å²) in [4.78, 5) is 3.93. The summed E-state index contributed by atoms with van der Waals surface area (Å²) in [6.07, 6.45) is 0. The Morgan fingerprint density at radius 3 is 3.00 bits per heavy atom. The van der Waals surface area contributed by atoms with Gasteiger partial charge in [-0.15, -0.1) is 23.4 Å². The Balaban J connectivity index is 1.82. The number of hydrogen-bond acceptors (Lipinski definition) is 3. The molecule has 1 aromatic carbocycles. The lowest BCUT2D eigenvalue weighted by Crippen LogP contribution is -2.32. The highest BCUT2D eigenvalue weighted by Gasteiger charge is 2.24. The molecule has 0 radical (unpaired) electrons. The molecule has 1 unspecified atom stereocenters. The van der Waals surface area contributed by atoms with E-state index in [1.54, 1.807) is 0 Å². The van der Waals surface area contributed by atoms with E-state index < -0.39 is 0 Å². The van der Waals surface area contributed by atoms with Crippen LogP contribution in [0, 0.1) is 0 Å². The van der Waals surface area contributed by atoms with Crippen molar-refractivity contribution in [1.29, 1.82) is 0 Å². The average molecular weight is 300 g/mol. The van der Waals surface area contributed by atoms with Gasteiger partial charge in [0.15, 0.2) is 0 Å². The second kappa shape index (κ2) is 8.15. The molecule has 2 rings (SSSR count). The molecule has 0 N–H and O–H groups in total. The molecule has 4 heteroatoms. The number of ether oxygens (including phenoxy) is 1. The van der Waals surface area contributed by atoms with Gasteiger partial charge in [-0.2, -0.15) is 0 Å². The average Bonchev–Trinajstić information content (AvgIpc) is 2.85. The quantitative estimate of drug-likeness (QED) is 0.539. The highest BCUT2D eigenvalue weighted by molar-refractivity contribution is 7.99. The third kappa shape index (κ3) is 4.38. The lowest BCUT2D eigenvalue weighted by Gasteiger charge is -2.24. The molecular weight excluding hydrogens is 278 g/mol. The molecule has 0 saturated carbocycles. The van der Waals surface area contributed by atoms with Crippen molar-refractivity contribution in [3.05, 3.63) is 29.8 Å². The molecule has 0 aromatic heterocycles. The van der Waals surface area contributed by atoms with Gasteiger partial charge in [-0.25, -0.2) is 0 Å². The maximum absolute atomic E-state index is 5.60. The Morgan fingerprint density at radius 1 is 1.37 bits per heavy atom. The first-order chi connectivity index (χ1) is 9.35. The summed E-state index contributed by atoms with van der Waals surface area (Å²) in [6, 6.07) is 8.79. The van der Waals surface area contributed by atoms with Crippen molar-refractivity contribution in [1.82, 2.24) is 4.90 Å². The zero-order chi connectivity index (χ0) is 13.5. The highest BCUT2D eigenvalue weighted by Crippen LogP contribution is 2.39. The minimum absolute atomic E-state index is 0.582. The highest BCUT2D eigenvalue weighted by atomic mass is 35.5. The summed E-state index contributed by atoms with van der Waals surface area (Å²) >= 11 is 7.59. The van der Waals surface area contributed by atoms with Gasteiger partial charge in [-0.3, -0.25) is 0 Å². The fourth-order valence-electron chi connectivity index (χ4n) is 2.42. The van der Waals surface area contributed by atoms with E-state index in [0.29, 0.717) is 18.4 Å². The predicted octanol–water partition coefficient (Wildman–Crippen LogP) is 3.45. The number of rotatable bonds is 8. The molecule has 1 heterocycles. The van der Waals surface area contributed by atoms with Crippen LogP contribution in [0.2, 0.25) is 0 Å². The van der Waals surface area contributed by atoms with Crippen molar-refractivity contribution in [2.45, 2.75) is 17.7 Å². The molecule has 1 aliphatic rings. The minimum atomic E-state index is 0.582. The number of thioether (sulfide) groups is 1. The largest absolute Gasteiger partial charge is 0.379 e. The van der Waals surface area contributed by atoms with Gasteiger partial charge in [0, 0.05) is 35.5 Å². The van der Waals surface area contributed by atoms with Crippen LogP contribution in [-0.2, 0) is 4.74 Å². The number of benzene rings is 1. The number of nitrogens with zero attached hydrogens (tertiary/aromatic N) is 1. The van der Waals surface area contributed by atoms with Crippen molar-refractivity contribution in [2.75, 3.05) is 44.5 Å². The molecule has 1 atom stereocenters. The summed E-state index contributed by atoms with van der Waals surface area (Å²) in [7, 11) is 0. The summed E-state index contributed by atoms with van der Waals surface area (Å²) in [5.41, 5.74) is 1.52. The molecule has 1 aliphatic heterocycles. The normalized spacial score (nSPS) is 17.9. The number of likely N-dealkylation sites (N-methyl/N-ethyl adjacent to an activating group) is 1. The maximum atomic E-state index is 5.60. The third-order valence-corrected chi connectivity index (χ3v) is 4.90. The first-order valence-corrected chi connectivity index (χ1v) is 8.45. The van der Waals surface area contributed by atoms with Crippen LogP contribution in [0.3, 0.4) is 0 Å². The van der Waals surface area contributed by atoms with E-state index in [1.807, 2.05) is 11.8 Å². The third-order valence-electron chi connectivity index (χ3n) is 3.50. The maximum Gasteiger partial charge on any atom is 0.0602 e. The number of alkyl halides is 1. The van der Waals surface area contributed by atoms with Gasteiger partial charge in [-0.1, -0.05) is 25.1 Å². The van der Waals surface area contributed by atoms with Gasteiger partial charge in [0.2, 0.25) is 0 Å². The molecule has 1 aromatic rings. The molecular formula is C15H22ClNOS. The molecule has 0 spiro atoms. The molecule has 106 valence electrons. The van der Waals surface area contributed by atoms with E-state index in [-0.39, 0.29) is 0 Å². The fourth-order valence-corrected chi connectivity index (χ4v) is 3.77. The smallest absolute Gasteiger partial charge is 0.0602 e. The molecule has 0 aliphatic carbocycles. The minimum Gasteiger partial charge on any atom is -0.379 e. The molecule has 19 heavy (non-hydrogen) atoms. The molecule has 0 bridgehead atoms. The molecule has 0 amide bonds. The molecule has 0 fully saturated rings. The van der Waals surface area contributed by atoms with Crippen molar-refractivity contribution in [3.63, 3.8) is 0 Å². The van der Waals surface area contributed by atoms with Gasteiger partial charge < -0.3 is 9.64 Å². The van der Waals surface area contributed by atoms with E-state index in [1.165, 1.54) is 16.2 Å². The van der Waals surface area contributed by atoms with Crippen LogP contribution in [0.15, 0.2) is 29.2 Å². The van der Waals surface area contributed by atoms with Crippen LogP contribution in [0.1, 0.15) is 18.4 Å². The van der Waals surface area contributed by atoms with Crippen molar-refractivity contribution < 1.29 is 4.74 Å². The lowest BCUT2D eigenvalue weighted by molar-refractivity contribution is 0.115. The van der Waals surface area contributed by atoms with Crippen molar-refractivity contribution >= 4 is 23.4 Å². The SMILES string of the molecule is CCN(CCOCCCl)CC1CSc2ccccc21. The molecule has 2 nitrogen and oxygen atoms in total. The summed E-state index contributed by atoms with van der Waals surface area (Å²) in [5, 5.41) is 0. The van der Waals surface area contributed by atoms with E-state index in [9.17, 15) is 0 Å².